The van der Waals surface area contributed by atoms with Crippen LogP contribution in [0.2, 0.25) is 0 Å². The van der Waals surface area contributed by atoms with Gasteiger partial charge in [0, 0.05) is 7.11 Å². The Balaban J connectivity index is 2.05. The van der Waals surface area contributed by atoms with E-state index in [-0.39, 0.29) is 23.7 Å². The van der Waals surface area contributed by atoms with Crippen LogP contribution < -0.4 is 5.32 Å². The van der Waals surface area contributed by atoms with Crippen molar-refractivity contribution in [3.63, 3.8) is 0 Å². The molecule has 4 heteroatoms. The van der Waals surface area contributed by atoms with E-state index < -0.39 is 0 Å². The fourth-order valence-electron chi connectivity index (χ4n) is 3.05. The topological polar surface area (TPSA) is 41.6 Å². The number of rotatable bonds is 6. The number of hydrogen-bond donors (Lipinski definition) is 1. The molecule has 2 aliphatic rings. The first-order valence-corrected chi connectivity index (χ1v) is 7.27. The molecule has 2 unspecified atom stereocenters. The van der Waals surface area contributed by atoms with Crippen LogP contribution in [0, 0.1) is 0 Å². The summed E-state index contributed by atoms with van der Waals surface area (Å²) >= 11 is 0. The van der Waals surface area contributed by atoms with Gasteiger partial charge in [0.05, 0.1) is 24.4 Å². The molecule has 0 bridgehead atoms. The Labute approximate surface area is 110 Å². The van der Waals surface area contributed by atoms with Crippen molar-refractivity contribution >= 4 is 5.91 Å². The normalized spacial score (nSPS) is 30.6. The number of ether oxygens (including phenoxy) is 1. The molecule has 4 nitrogen and oxygen atoms in total. The Kier molecular flexibility index (Phi) is 4.28. The molecule has 1 amide bonds. The van der Waals surface area contributed by atoms with Crippen LogP contribution in [-0.4, -0.2) is 42.3 Å². The van der Waals surface area contributed by atoms with Gasteiger partial charge in [0.25, 0.3) is 0 Å². The largest absolute Gasteiger partial charge is 0.376 e. The van der Waals surface area contributed by atoms with Gasteiger partial charge in [-0.1, -0.05) is 20.3 Å². The van der Waals surface area contributed by atoms with E-state index >= 15 is 0 Å². The second-order valence-corrected chi connectivity index (χ2v) is 5.64. The molecule has 0 radical (unpaired) electrons. The summed E-state index contributed by atoms with van der Waals surface area (Å²) in [6.45, 7) is 4.99. The highest BCUT2D eigenvalue weighted by Gasteiger charge is 2.45. The molecule has 0 spiro atoms. The van der Waals surface area contributed by atoms with Gasteiger partial charge in [-0.3, -0.25) is 10.1 Å². The van der Waals surface area contributed by atoms with E-state index in [1.165, 1.54) is 6.42 Å². The average Bonchev–Trinajstić information content (AvgIpc) is 2.61. The Morgan fingerprint density at radius 3 is 2.61 bits per heavy atom. The predicted octanol–water partition coefficient (Wildman–Crippen LogP) is 1.89. The zero-order valence-corrected chi connectivity index (χ0v) is 11.9. The first-order chi connectivity index (χ1) is 8.65. The highest BCUT2D eigenvalue weighted by Crippen LogP contribution is 2.37. The molecule has 1 heterocycles. The van der Waals surface area contributed by atoms with Gasteiger partial charge >= 0.3 is 0 Å². The molecule has 0 aromatic rings. The van der Waals surface area contributed by atoms with Crippen LogP contribution in [0.4, 0.5) is 0 Å². The number of methoxy groups -OCH3 is 1. The quantitative estimate of drug-likeness (QED) is 0.787. The molecule has 1 N–H and O–H groups in total. The van der Waals surface area contributed by atoms with Gasteiger partial charge in [0.1, 0.15) is 0 Å². The van der Waals surface area contributed by atoms with E-state index in [1.54, 1.807) is 7.11 Å². The maximum Gasteiger partial charge on any atom is 0.241 e. The van der Waals surface area contributed by atoms with Crippen molar-refractivity contribution in [2.75, 3.05) is 13.7 Å². The van der Waals surface area contributed by atoms with Crippen molar-refractivity contribution in [3.05, 3.63) is 0 Å². The molecule has 0 aromatic carbocycles. The SMILES string of the molecule is CCCC1NC(CC)C(=O)N1CC1(OC)CCC1. The third kappa shape index (κ3) is 2.41. The standard InChI is InChI=1S/C14H26N2O2/c1-4-7-12-15-11(5-2)13(17)16(12)10-14(18-3)8-6-9-14/h11-12,15H,4-10H2,1-3H3. The number of nitrogens with one attached hydrogen (secondary N) is 1. The Morgan fingerprint density at radius 1 is 1.44 bits per heavy atom. The molecular weight excluding hydrogens is 228 g/mol. The van der Waals surface area contributed by atoms with Gasteiger partial charge in [-0.25, -0.2) is 0 Å². The minimum atomic E-state index is -0.0635. The molecule has 2 rings (SSSR count). The minimum Gasteiger partial charge on any atom is -0.376 e. The summed E-state index contributed by atoms with van der Waals surface area (Å²) in [7, 11) is 1.78. The Morgan fingerprint density at radius 2 is 2.17 bits per heavy atom. The van der Waals surface area contributed by atoms with Crippen LogP contribution in [0.25, 0.3) is 0 Å². The first kappa shape index (κ1) is 13.8. The molecule has 1 aliphatic heterocycles. The van der Waals surface area contributed by atoms with Crippen molar-refractivity contribution in [3.8, 4) is 0 Å². The van der Waals surface area contributed by atoms with E-state index in [0.29, 0.717) is 0 Å². The van der Waals surface area contributed by atoms with E-state index in [0.717, 1.165) is 38.6 Å². The van der Waals surface area contributed by atoms with Crippen LogP contribution in [0.3, 0.4) is 0 Å². The minimum absolute atomic E-state index is 0.00975. The van der Waals surface area contributed by atoms with Gasteiger partial charge in [0.2, 0.25) is 5.91 Å². The van der Waals surface area contributed by atoms with Gasteiger partial charge in [-0.05, 0) is 32.1 Å². The van der Waals surface area contributed by atoms with Crippen LogP contribution in [-0.2, 0) is 9.53 Å². The Hall–Kier alpha value is -0.610. The van der Waals surface area contributed by atoms with E-state index in [4.69, 9.17) is 4.74 Å². The van der Waals surface area contributed by atoms with Crippen molar-refractivity contribution in [2.24, 2.45) is 0 Å². The second kappa shape index (κ2) is 5.57. The number of carbonyl (C=O) groups excluding carboxylic acids is 1. The molecule has 2 fully saturated rings. The lowest BCUT2D eigenvalue weighted by Gasteiger charge is -2.44. The third-order valence-electron chi connectivity index (χ3n) is 4.48. The van der Waals surface area contributed by atoms with Crippen LogP contribution in [0.15, 0.2) is 0 Å². The average molecular weight is 254 g/mol. The number of amides is 1. The molecule has 1 saturated carbocycles. The summed E-state index contributed by atoms with van der Waals surface area (Å²) in [5, 5.41) is 3.46. The highest BCUT2D eigenvalue weighted by atomic mass is 16.5. The smallest absolute Gasteiger partial charge is 0.241 e. The van der Waals surface area contributed by atoms with Gasteiger partial charge in [0.15, 0.2) is 0 Å². The van der Waals surface area contributed by atoms with Gasteiger partial charge < -0.3 is 9.64 Å². The highest BCUT2D eigenvalue weighted by molar-refractivity contribution is 5.84. The molecule has 2 atom stereocenters. The molecule has 0 aromatic heterocycles. The lowest BCUT2D eigenvalue weighted by atomic mass is 9.79. The van der Waals surface area contributed by atoms with Crippen LogP contribution in [0.1, 0.15) is 52.4 Å². The summed E-state index contributed by atoms with van der Waals surface area (Å²) in [5.74, 6) is 0.263. The lowest BCUT2D eigenvalue weighted by Crippen LogP contribution is -2.52. The fourth-order valence-corrected chi connectivity index (χ4v) is 3.05. The van der Waals surface area contributed by atoms with Gasteiger partial charge in [-0.2, -0.15) is 0 Å². The second-order valence-electron chi connectivity index (χ2n) is 5.64. The van der Waals surface area contributed by atoms with Crippen molar-refractivity contribution in [2.45, 2.75) is 70.2 Å². The molecule has 18 heavy (non-hydrogen) atoms. The maximum absolute atomic E-state index is 12.4. The molecule has 1 aliphatic carbocycles. The number of hydrogen-bond acceptors (Lipinski definition) is 3. The lowest BCUT2D eigenvalue weighted by molar-refractivity contribution is -0.140. The van der Waals surface area contributed by atoms with Crippen molar-refractivity contribution < 1.29 is 9.53 Å². The summed E-state index contributed by atoms with van der Waals surface area (Å²) < 4.78 is 5.66. The first-order valence-electron chi connectivity index (χ1n) is 7.27. The van der Waals surface area contributed by atoms with E-state index in [2.05, 4.69) is 19.2 Å². The summed E-state index contributed by atoms with van der Waals surface area (Å²) in [6.07, 6.45) is 6.60. The van der Waals surface area contributed by atoms with Crippen molar-refractivity contribution in [1.82, 2.24) is 10.2 Å². The number of carbonyl (C=O) groups is 1. The summed E-state index contributed by atoms with van der Waals surface area (Å²) in [4.78, 5) is 14.4. The Bertz CT molecular complexity index is 297. The number of nitrogens with zero attached hydrogens (tertiary/aromatic N) is 1. The maximum atomic E-state index is 12.4. The van der Waals surface area contributed by atoms with E-state index in [9.17, 15) is 4.79 Å². The summed E-state index contributed by atoms with van der Waals surface area (Å²) in [5.41, 5.74) is -0.0635. The predicted molar refractivity (Wildman–Crippen MR) is 71.2 cm³/mol. The molecule has 104 valence electrons. The van der Waals surface area contributed by atoms with E-state index in [1.807, 2.05) is 4.90 Å². The monoisotopic (exact) mass is 254 g/mol. The van der Waals surface area contributed by atoms with Crippen LogP contribution in [0.5, 0.6) is 0 Å². The third-order valence-corrected chi connectivity index (χ3v) is 4.48. The van der Waals surface area contributed by atoms with Crippen LogP contribution >= 0.6 is 0 Å². The molecule has 1 saturated heterocycles. The van der Waals surface area contributed by atoms with Crippen molar-refractivity contribution in [1.29, 1.82) is 0 Å². The summed E-state index contributed by atoms with van der Waals surface area (Å²) in [6, 6.07) is 0.00975. The fraction of sp³-hybridized carbons (Fsp3) is 0.929. The van der Waals surface area contributed by atoms with Gasteiger partial charge in [-0.15, -0.1) is 0 Å². The molecular formula is C14H26N2O2. The zero-order valence-electron chi connectivity index (χ0n) is 11.9. The zero-order chi connectivity index (χ0) is 13.2.